The van der Waals surface area contributed by atoms with Crippen LogP contribution in [0.4, 0.5) is 0 Å². The number of aromatic nitrogens is 2. The zero-order valence-electron chi connectivity index (χ0n) is 8.33. The highest BCUT2D eigenvalue weighted by molar-refractivity contribution is 5.60. The maximum absolute atomic E-state index is 5.47. The molecule has 3 nitrogen and oxygen atoms in total. The molecule has 1 rings (SSSR count). The molecule has 1 aromatic rings. The summed E-state index contributed by atoms with van der Waals surface area (Å²) in [7, 11) is 0. The Labute approximate surface area is 79.2 Å². The first kappa shape index (κ1) is 9.99. The van der Waals surface area contributed by atoms with Crippen molar-refractivity contribution < 1.29 is 0 Å². The fourth-order valence-corrected chi connectivity index (χ4v) is 1.13. The van der Waals surface area contributed by atoms with Gasteiger partial charge in [0, 0.05) is 19.3 Å². The predicted octanol–water partition coefficient (Wildman–Crippen LogP) is 1.51. The molecule has 0 aromatic carbocycles. The molecule has 1 aromatic heterocycles. The molecule has 2 N–H and O–H groups in total. The van der Waals surface area contributed by atoms with Gasteiger partial charge in [0.2, 0.25) is 0 Å². The molecule has 0 bridgehead atoms. The third-order valence-electron chi connectivity index (χ3n) is 1.80. The quantitative estimate of drug-likeness (QED) is 0.761. The lowest BCUT2D eigenvalue weighted by Gasteiger charge is -2.03. The van der Waals surface area contributed by atoms with Gasteiger partial charge >= 0.3 is 0 Å². The van der Waals surface area contributed by atoms with Crippen LogP contribution in [0.25, 0.3) is 5.57 Å². The predicted molar refractivity (Wildman–Crippen MR) is 55.2 cm³/mol. The summed E-state index contributed by atoms with van der Waals surface area (Å²) in [6.45, 7) is 9.58. The summed E-state index contributed by atoms with van der Waals surface area (Å²) in [5, 5.41) is 4.36. The Bertz CT molecular complexity index is 286. The fraction of sp³-hybridized carbons (Fsp3) is 0.500. The van der Waals surface area contributed by atoms with E-state index in [0.717, 1.165) is 17.8 Å². The Balaban J connectivity index is 2.69. The van der Waals surface area contributed by atoms with Gasteiger partial charge in [0.25, 0.3) is 0 Å². The first-order chi connectivity index (χ1) is 6.13. The van der Waals surface area contributed by atoms with E-state index < -0.39 is 0 Å². The van der Waals surface area contributed by atoms with Gasteiger partial charge in [0.05, 0.1) is 5.69 Å². The average Bonchev–Trinajstić information content (AvgIpc) is 2.50. The van der Waals surface area contributed by atoms with Gasteiger partial charge in [0.15, 0.2) is 0 Å². The molecular formula is C10H17N3. The maximum atomic E-state index is 5.47. The molecule has 0 aliphatic carbocycles. The largest absolute Gasteiger partial charge is 0.326 e. The Morgan fingerprint density at radius 3 is 2.92 bits per heavy atom. The van der Waals surface area contributed by atoms with Crippen LogP contribution in [0.2, 0.25) is 0 Å². The van der Waals surface area contributed by atoms with E-state index in [4.69, 9.17) is 5.73 Å². The van der Waals surface area contributed by atoms with Crippen LogP contribution in [0.3, 0.4) is 0 Å². The highest BCUT2D eigenvalue weighted by Crippen LogP contribution is 2.08. The van der Waals surface area contributed by atoms with E-state index in [-0.39, 0.29) is 0 Å². The minimum atomic E-state index is 0.471. The summed E-state index contributed by atoms with van der Waals surface area (Å²) in [5.41, 5.74) is 7.26. The molecule has 72 valence electrons. The van der Waals surface area contributed by atoms with Gasteiger partial charge in [-0.3, -0.25) is 4.68 Å². The van der Waals surface area contributed by atoms with Gasteiger partial charge in [-0.1, -0.05) is 20.4 Å². The van der Waals surface area contributed by atoms with Crippen molar-refractivity contribution in [2.75, 3.05) is 6.54 Å². The van der Waals surface area contributed by atoms with E-state index in [1.54, 1.807) is 0 Å². The number of hydrogen-bond acceptors (Lipinski definition) is 2. The van der Waals surface area contributed by atoms with Crippen LogP contribution in [-0.2, 0) is 6.54 Å². The molecule has 0 aliphatic heterocycles. The highest BCUT2D eigenvalue weighted by atomic mass is 15.3. The van der Waals surface area contributed by atoms with Gasteiger partial charge in [0.1, 0.15) is 0 Å². The summed E-state index contributed by atoms with van der Waals surface area (Å²) in [6, 6.07) is 1.96. The van der Waals surface area contributed by atoms with E-state index >= 15 is 0 Å². The van der Waals surface area contributed by atoms with Gasteiger partial charge in [-0.25, -0.2) is 0 Å². The second-order valence-corrected chi connectivity index (χ2v) is 3.62. The first-order valence-corrected chi connectivity index (χ1v) is 4.55. The third kappa shape index (κ3) is 2.70. The van der Waals surface area contributed by atoms with Gasteiger partial charge < -0.3 is 5.73 Å². The van der Waals surface area contributed by atoms with Gasteiger partial charge in [-0.15, -0.1) is 0 Å². The SMILES string of the molecule is C=C(CN)c1ccn(CC(C)C)n1. The molecule has 1 heterocycles. The summed E-state index contributed by atoms with van der Waals surface area (Å²) < 4.78 is 1.93. The zero-order valence-corrected chi connectivity index (χ0v) is 8.33. The van der Waals surface area contributed by atoms with Crippen molar-refractivity contribution in [2.24, 2.45) is 11.7 Å². The standard InChI is InChI=1S/C10H17N3/c1-8(2)7-13-5-4-10(12-13)9(3)6-11/h4-5,8H,3,6-7,11H2,1-2H3. The van der Waals surface area contributed by atoms with Crippen molar-refractivity contribution >= 4 is 5.57 Å². The van der Waals surface area contributed by atoms with Gasteiger partial charge in [-0.2, -0.15) is 5.10 Å². The zero-order chi connectivity index (χ0) is 9.84. The Morgan fingerprint density at radius 2 is 2.38 bits per heavy atom. The molecule has 0 spiro atoms. The Morgan fingerprint density at radius 1 is 1.69 bits per heavy atom. The minimum Gasteiger partial charge on any atom is -0.326 e. The number of nitrogens with zero attached hydrogens (tertiary/aromatic N) is 2. The average molecular weight is 179 g/mol. The fourth-order valence-electron chi connectivity index (χ4n) is 1.13. The third-order valence-corrected chi connectivity index (χ3v) is 1.80. The van der Waals surface area contributed by atoms with Crippen LogP contribution in [0.5, 0.6) is 0 Å². The van der Waals surface area contributed by atoms with Crippen LogP contribution < -0.4 is 5.73 Å². The Hall–Kier alpha value is -1.09. The highest BCUT2D eigenvalue weighted by Gasteiger charge is 2.02. The number of rotatable bonds is 4. The monoisotopic (exact) mass is 179 g/mol. The molecule has 0 aliphatic rings. The molecular weight excluding hydrogens is 162 g/mol. The van der Waals surface area contributed by atoms with E-state index in [2.05, 4.69) is 25.5 Å². The Kier molecular flexibility index (Phi) is 3.25. The molecule has 0 fully saturated rings. The van der Waals surface area contributed by atoms with Crippen LogP contribution in [0, 0.1) is 5.92 Å². The van der Waals surface area contributed by atoms with Crippen molar-refractivity contribution in [3.63, 3.8) is 0 Å². The van der Waals surface area contributed by atoms with Crippen LogP contribution >= 0.6 is 0 Å². The van der Waals surface area contributed by atoms with E-state index in [1.165, 1.54) is 0 Å². The molecule has 3 heteroatoms. The lowest BCUT2D eigenvalue weighted by Crippen LogP contribution is -2.06. The van der Waals surface area contributed by atoms with Crippen LogP contribution in [0.1, 0.15) is 19.5 Å². The van der Waals surface area contributed by atoms with E-state index in [1.807, 2.05) is 16.9 Å². The van der Waals surface area contributed by atoms with Crippen LogP contribution in [-0.4, -0.2) is 16.3 Å². The summed E-state index contributed by atoms with van der Waals surface area (Å²) >= 11 is 0. The van der Waals surface area contributed by atoms with Crippen molar-refractivity contribution in [3.8, 4) is 0 Å². The topological polar surface area (TPSA) is 43.8 Å². The number of hydrogen-bond donors (Lipinski definition) is 1. The molecule has 13 heavy (non-hydrogen) atoms. The normalized spacial score (nSPS) is 10.8. The second-order valence-electron chi connectivity index (χ2n) is 3.62. The number of nitrogens with two attached hydrogens (primary N) is 1. The molecule has 0 atom stereocenters. The first-order valence-electron chi connectivity index (χ1n) is 4.55. The van der Waals surface area contributed by atoms with E-state index in [0.29, 0.717) is 12.5 Å². The molecule has 0 saturated heterocycles. The smallest absolute Gasteiger partial charge is 0.0889 e. The van der Waals surface area contributed by atoms with Crippen molar-refractivity contribution in [3.05, 3.63) is 24.5 Å². The summed E-state index contributed by atoms with van der Waals surface area (Å²) in [6.07, 6.45) is 1.97. The molecule has 0 radical (unpaired) electrons. The molecule has 0 saturated carbocycles. The van der Waals surface area contributed by atoms with Crippen molar-refractivity contribution in [2.45, 2.75) is 20.4 Å². The summed E-state index contributed by atoms with van der Waals surface area (Å²) in [5.74, 6) is 0.610. The second kappa shape index (κ2) is 4.23. The van der Waals surface area contributed by atoms with Crippen LogP contribution in [0.15, 0.2) is 18.8 Å². The van der Waals surface area contributed by atoms with Crippen molar-refractivity contribution in [1.29, 1.82) is 0 Å². The van der Waals surface area contributed by atoms with Gasteiger partial charge in [-0.05, 0) is 17.6 Å². The summed E-state index contributed by atoms with van der Waals surface area (Å²) in [4.78, 5) is 0. The maximum Gasteiger partial charge on any atom is 0.0889 e. The lowest BCUT2D eigenvalue weighted by atomic mass is 10.2. The molecule has 0 amide bonds. The van der Waals surface area contributed by atoms with Crippen molar-refractivity contribution in [1.82, 2.24) is 9.78 Å². The lowest BCUT2D eigenvalue weighted by molar-refractivity contribution is 0.482. The minimum absolute atomic E-state index is 0.471. The van der Waals surface area contributed by atoms with E-state index in [9.17, 15) is 0 Å². The molecule has 0 unspecified atom stereocenters.